The highest BCUT2D eigenvalue weighted by molar-refractivity contribution is 6.42. The molecule has 1 heterocycles. The van der Waals surface area contributed by atoms with E-state index in [9.17, 15) is 14.7 Å². The van der Waals surface area contributed by atoms with Crippen LogP contribution >= 0.6 is 23.2 Å². The lowest BCUT2D eigenvalue weighted by atomic mass is 9.88. The van der Waals surface area contributed by atoms with Gasteiger partial charge in [0.25, 0.3) is 11.8 Å². The number of hydrogen-bond acceptors (Lipinski definition) is 3. The van der Waals surface area contributed by atoms with Gasteiger partial charge in [-0.2, -0.15) is 0 Å². The molecule has 0 aromatic heterocycles. The summed E-state index contributed by atoms with van der Waals surface area (Å²) in [6, 6.07) is 5.08. The lowest BCUT2D eigenvalue weighted by Gasteiger charge is -2.29. The number of aryl methyl sites for hydroxylation is 1. The summed E-state index contributed by atoms with van der Waals surface area (Å²) in [5.74, 6) is -1.18. The van der Waals surface area contributed by atoms with Gasteiger partial charge in [0.2, 0.25) is 0 Å². The average Bonchev–Trinajstić information content (AvgIpc) is 2.87. The molecule has 1 aromatic rings. The molecule has 27 heavy (non-hydrogen) atoms. The Morgan fingerprint density at radius 3 is 2.52 bits per heavy atom. The van der Waals surface area contributed by atoms with Gasteiger partial charge in [-0.15, -0.1) is 0 Å². The van der Waals surface area contributed by atoms with Crippen molar-refractivity contribution in [3.8, 4) is 0 Å². The van der Waals surface area contributed by atoms with Gasteiger partial charge in [0.05, 0.1) is 21.7 Å². The van der Waals surface area contributed by atoms with Crippen molar-refractivity contribution < 1.29 is 14.7 Å². The summed E-state index contributed by atoms with van der Waals surface area (Å²) in [5, 5.41) is 14.1. The lowest BCUT2D eigenvalue weighted by molar-refractivity contribution is -0.128. The smallest absolute Gasteiger partial charge is 0.289 e. The first-order valence-corrected chi connectivity index (χ1v) is 9.99. The molecule has 0 saturated heterocycles. The van der Waals surface area contributed by atoms with Crippen molar-refractivity contribution in [1.82, 2.24) is 10.2 Å². The van der Waals surface area contributed by atoms with Crippen LogP contribution < -0.4 is 5.32 Å². The Labute approximate surface area is 170 Å². The minimum atomic E-state index is -0.493. The highest BCUT2D eigenvalue weighted by atomic mass is 35.5. The second-order valence-electron chi connectivity index (χ2n) is 6.81. The zero-order valence-electron chi connectivity index (χ0n) is 15.9. The van der Waals surface area contributed by atoms with Crippen LogP contribution in [0.1, 0.15) is 38.7 Å². The third-order valence-electron chi connectivity index (χ3n) is 5.14. The number of hydrogen-bond donors (Lipinski definition) is 2. The number of amides is 2. The van der Waals surface area contributed by atoms with E-state index in [0.29, 0.717) is 23.0 Å². The molecule has 0 bridgehead atoms. The number of carbonyl (C=O) groups excluding carboxylic acids is 2. The van der Waals surface area contributed by atoms with Crippen LogP contribution in [0.3, 0.4) is 0 Å². The topological polar surface area (TPSA) is 69.6 Å². The molecule has 1 aliphatic heterocycles. The van der Waals surface area contributed by atoms with Gasteiger partial charge in [0.15, 0.2) is 5.76 Å². The van der Waals surface area contributed by atoms with Gasteiger partial charge in [0, 0.05) is 13.6 Å². The van der Waals surface area contributed by atoms with E-state index in [-0.39, 0.29) is 23.4 Å². The van der Waals surface area contributed by atoms with E-state index >= 15 is 0 Å². The molecule has 5 nitrogen and oxygen atoms in total. The molecule has 1 unspecified atom stereocenters. The highest BCUT2D eigenvalue weighted by Gasteiger charge is 2.43. The predicted molar refractivity (Wildman–Crippen MR) is 108 cm³/mol. The molecule has 0 spiro atoms. The predicted octanol–water partition coefficient (Wildman–Crippen LogP) is 4.13. The standard InChI is InChI=1S/C20H26Cl2N2O3/c1-4-13(5-2)17-16(18(25)20(27)24(17)3)19(26)23-10-6-7-12-8-9-14(21)15(22)11-12/h8-9,11,13,17,25H,4-7,10H2,1-3H3,(H,23,26). The summed E-state index contributed by atoms with van der Waals surface area (Å²) < 4.78 is 0. The van der Waals surface area contributed by atoms with E-state index in [0.717, 1.165) is 24.8 Å². The van der Waals surface area contributed by atoms with Crippen molar-refractivity contribution in [2.45, 2.75) is 45.6 Å². The number of nitrogens with one attached hydrogen (secondary N) is 1. The Hall–Kier alpha value is -1.72. The molecular formula is C20H26Cl2N2O3. The summed E-state index contributed by atoms with van der Waals surface area (Å²) in [4.78, 5) is 26.3. The fourth-order valence-corrected chi connectivity index (χ4v) is 3.88. The van der Waals surface area contributed by atoms with Crippen molar-refractivity contribution in [1.29, 1.82) is 0 Å². The summed E-state index contributed by atoms with van der Waals surface area (Å²) >= 11 is 11.9. The van der Waals surface area contributed by atoms with Crippen LogP contribution in [0.2, 0.25) is 10.0 Å². The number of halogens is 2. The highest BCUT2D eigenvalue weighted by Crippen LogP contribution is 2.32. The molecule has 2 rings (SSSR count). The third-order valence-corrected chi connectivity index (χ3v) is 5.88. The number of benzene rings is 1. The van der Waals surface area contributed by atoms with Crippen LogP contribution in [0.25, 0.3) is 0 Å². The van der Waals surface area contributed by atoms with Gasteiger partial charge < -0.3 is 15.3 Å². The molecule has 2 amide bonds. The number of nitrogens with zero attached hydrogens (tertiary/aromatic N) is 1. The van der Waals surface area contributed by atoms with Crippen LogP contribution in [-0.4, -0.2) is 41.5 Å². The van der Waals surface area contributed by atoms with Crippen molar-refractivity contribution in [3.63, 3.8) is 0 Å². The average molecular weight is 413 g/mol. The molecule has 148 valence electrons. The first-order valence-electron chi connectivity index (χ1n) is 9.24. The van der Waals surface area contributed by atoms with Crippen LogP contribution in [0, 0.1) is 5.92 Å². The summed E-state index contributed by atoms with van der Waals surface area (Å²) in [6.45, 7) is 4.48. The van der Waals surface area contributed by atoms with Gasteiger partial charge in [-0.3, -0.25) is 9.59 Å². The van der Waals surface area contributed by atoms with Crippen molar-refractivity contribution in [2.75, 3.05) is 13.6 Å². The van der Waals surface area contributed by atoms with Crippen molar-refractivity contribution >= 4 is 35.0 Å². The molecule has 1 aromatic carbocycles. The lowest BCUT2D eigenvalue weighted by Crippen LogP contribution is -2.41. The Balaban J connectivity index is 1.98. The second-order valence-corrected chi connectivity index (χ2v) is 7.62. The largest absolute Gasteiger partial charge is 0.503 e. The maximum Gasteiger partial charge on any atom is 0.289 e. The molecule has 0 aliphatic carbocycles. The van der Waals surface area contributed by atoms with E-state index in [4.69, 9.17) is 23.2 Å². The number of rotatable bonds is 8. The van der Waals surface area contributed by atoms with E-state index < -0.39 is 11.7 Å². The summed E-state index contributed by atoms with van der Waals surface area (Å²) in [7, 11) is 1.63. The van der Waals surface area contributed by atoms with E-state index in [2.05, 4.69) is 5.32 Å². The molecule has 2 N–H and O–H groups in total. The zero-order valence-corrected chi connectivity index (χ0v) is 17.4. The fourth-order valence-electron chi connectivity index (χ4n) is 3.56. The normalized spacial score (nSPS) is 17.2. The first-order chi connectivity index (χ1) is 12.8. The minimum Gasteiger partial charge on any atom is -0.503 e. The van der Waals surface area contributed by atoms with E-state index in [1.807, 2.05) is 26.0 Å². The molecule has 0 radical (unpaired) electrons. The maximum atomic E-state index is 12.7. The van der Waals surface area contributed by atoms with E-state index in [1.54, 1.807) is 13.1 Å². The van der Waals surface area contributed by atoms with Crippen molar-refractivity contribution in [2.24, 2.45) is 5.92 Å². The monoisotopic (exact) mass is 412 g/mol. The molecular weight excluding hydrogens is 387 g/mol. The van der Waals surface area contributed by atoms with Crippen LogP contribution in [0.4, 0.5) is 0 Å². The van der Waals surface area contributed by atoms with Crippen molar-refractivity contribution in [3.05, 3.63) is 45.1 Å². The van der Waals surface area contributed by atoms with Crippen LogP contribution in [-0.2, 0) is 16.0 Å². The minimum absolute atomic E-state index is 0.126. The number of aliphatic hydroxyl groups excluding tert-OH is 1. The number of carbonyl (C=O) groups is 2. The van der Waals surface area contributed by atoms with Gasteiger partial charge in [-0.25, -0.2) is 0 Å². The van der Waals surface area contributed by atoms with Crippen LogP contribution in [0.5, 0.6) is 0 Å². The third kappa shape index (κ3) is 4.77. The van der Waals surface area contributed by atoms with Gasteiger partial charge >= 0.3 is 0 Å². The van der Waals surface area contributed by atoms with E-state index in [1.165, 1.54) is 4.90 Å². The number of likely N-dealkylation sites (N-methyl/N-ethyl adjacent to an activating group) is 1. The molecule has 1 atom stereocenters. The molecule has 1 aliphatic rings. The Morgan fingerprint density at radius 2 is 1.93 bits per heavy atom. The Bertz CT molecular complexity index is 745. The first kappa shape index (κ1) is 21.6. The zero-order chi connectivity index (χ0) is 20.1. The Kier molecular flexibility index (Phi) is 7.57. The SMILES string of the molecule is CCC(CC)C1C(C(=O)NCCCc2ccc(Cl)c(Cl)c2)=C(O)C(=O)N1C. The molecule has 0 fully saturated rings. The van der Waals surface area contributed by atoms with Gasteiger partial charge in [-0.1, -0.05) is 56.0 Å². The molecule has 7 heteroatoms. The molecule has 0 saturated carbocycles. The quantitative estimate of drug-likeness (QED) is 0.630. The fraction of sp³-hybridized carbons (Fsp3) is 0.500. The van der Waals surface area contributed by atoms with Gasteiger partial charge in [-0.05, 0) is 36.5 Å². The summed E-state index contributed by atoms with van der Waals surface area (Å²) in [6.07, 6.45) is 3.08. The second kappa shape index (κ2) is 9.47. The summed E-state index contributed by atoms with van der Waals surface area (Å²) in [5.41, 5.74) is 1.22. The number of aliphatic hydroxyl groups is 1. The van der Waals surface area contributed by atoms with Gasteiger partial charge in [0.1, 0.15) is 0 Å². The van der Waals surface area contributed by atoms with Crippen LogP contribution in [0.15, 0.2) is 29.5 Å². The maximum absolute atomic E-state index is 12.7. The Morgan fingerprint density at radius 1 is 1.26 bits per heavy atom.